The van der Waals surface area contributed by atoms with Gasteiger partial charge in [-0.05, 0) is 44.5 Å². The molecule has 4 aromatic rings. The van der Waals surface area contributed by atoms with Crippen LogP contribution in [0, 0.1) is 6.92 Å². The number of nitrogens with one attached hydrogen (secondary N) is 1. The Morgan fingerprint density at radius 2 is 1.80 bits per heavy atom. The highest BCUT2D eigenvalue weighted by molar-refractivity contribution is 6.33. The van der Waals surface area contributed by atoms with E-state index in [1.807, 2.05) is 66.9 Å². The van der Waals surface area contributed by atoms with Crippen LogP contribution in [-0.4, -0.2) is 26.2 Å². The van der Waals surface area contributed by atoms with Crippen LogP contribution in [0.2, 0.25) is 5.02 Å². The second kappa shape index (κ2) is 8.71. The minimum Gasteiger partial charge on any atom is -0.493 e. The molecule has 2 aromatic carbocycles. The van der Waals surface area contributed by atoms with Crippen LogP contribution in [-0.2, 0) is 6.42 Å². The molecule has 30 heavy (non-hydrogen) atoms. The van der Waals surface area contributed by atoms with Gasteiger partial charge in [0, 0.05) is 6.42 Å². The Bertz CT molecular complexity index is 1190. The van der Waals surface area contributed by atoms with Gasteiger partial charge in [-0.3, -0.25) is 0 Å². The molecule has 0 aliphatic rings. The Morgan fingerprint density at radius 3 is 2.57 bits per heavy atom. The van der Waals surface area contributed by atoms with Crippen molar-refractivity contribution in [2.45, 2.75) is 33.6 Å². The van der Waals surface area contributed by atoms with E-state index in [-0.39, 0.29) is 0 Å². The van der Waals surface area contributed by atoms with E-state index in [4.69, 9.17) is 31.4 Å². The van der Waals surface area contributed by atoms with E-state index in [0.717, 1.165) is 46.9 Å². The van der Waals surface area contributed by atoms with Gasteiger partial charge in [0.2, 0.25) is 0 Å². The Morgan fingerprint density at radius 1 is 1.03 bits per heavy atom. The van der Waals surface area contributed by atoms with E-state index >= 15 is 0 Å². The number of halogens is 1. The average Bonchev–Trinajstić information content (AvgIpc) is 3.06. The summed E-state index contributed by atoms with van der Waals surface area (Å²) in [5, 5.41) is 8.85. The quantitative estimate of drug-likeness (QED) is 0.405. The lowest BCUT2D eigenvalue weighted by Gasteiger charge is -2.13. The first-order valence-electron chi connectivity index (χ1n) is 10.1. The van der Waals surface area contributed by atoms with Gasteiger partial charge in [0.1, 0.15) is 17.1 Å². The number of anilines is 2. The molecule has 7 heteroatoms. The van der Waals surface area contributed by atoms with E-state index < -0.39 is 0 Å². The SMILES string of the molecule is CCCc1nc(C)c2c(Nc3ccccc3Cl)nc(-c3ccccc3OCC)nn12. The predicted molar refractivity (Wildman–Crippen MR) is 121 cm³/mol. The Balaban J connectivity index is 1.94. The number of hydrogen-bond donors (Lipinski definition) is 1. The molecule has 0 saturated heterocycles. The number of fused-ring (bicyclic) bond motifs is 1. The number of aryl methyl sites for hydroxylation is 2. The van der Waals surface area contributed by atoms with Crippen LogP contribution >= 0.6 is 11.6 Å². The summed E-state index contributed by atoms with van der Waals surface area (Å²) in [5.74, 6) is 2.88. The van der Waals surface area contributed by atoms with Crippen molar-refractivity contribution in [3.8, 4) is 17.1 Å². The van der Waals surface area contributed by atoms with Gasteiger partial charge in [0.05, 0.1) is 28.6 Å². The zero-order valence-corrected chi connectivity index (χ0v) is 18.1. The second-order valence-electron chi connectivity index (χ2n) is 6.94. The fourth-order valence-corrected chi connectivity index (χ4v) is 3.62. The number of imidazole rings is 1. The van der Waals surface area contributed by atoms with Crippen LogP contribution in [0.1, 0.15) is 31.8 Å². The van der Waals surface area contributed by atoms with Gasteiger partial charge < -0.3 is 10.1 Å². The molecular weight excluding hydrogens is 398 g/mol. The van der Waals surface area contributed by atoms with Gasteiger partial charge in [-0.1, -0.05) is 42.8 Å². The van der Waals surface area contributed by atoms with Crippen molar-refractivity contribution < 1.29 is 4.74 Å². The molecule has 0 amide bonds. The normalized spacial score (nSPS) is 11.1. The van der Waals surface area contributed by atoms with Crippen LogP contribution < -0.4 is 10.1 Å². The third-order valence-electron chi connectivity index (χ3n) is 4.76. The van der Waals surface area contributed by atoms with E-state index in [1.54, 1.807) is 0 Å². The summed E-state index contributed by atoms with van der Waals surface area (Å²) < 4.78 is 7.71. The first-order chi connectivity index (χ1) is 14.6. The number of ether oxygens (including phenoxy) is 1. The van der Waals surface area contributed by atoms with Gasteiger partial charge in [-0.2, -0.15) is 0 Å². The topological polar surface area (TPSA) is 64.3 Å². The second-order valence-corrected chi connectivity index (χ2v) is 7.35. The summed E-state index contributed by atoms with van der Waals surface area (Å²) in [5.41, 5.74) is 3.33. The highest BCUT2D eigenvalue weighted by atomic mass is 35.5. The summed E-state index contributed by atoms with van der Waals surface area (Å²) in [6.45, 7) is 6.63. The monoisotopic (exact) mass is 421 g/mol. The molecule has 2 aromatic heterocycles. The molecule has 0 saturated carbocycles. The number of rotatable bonds is 7. The van der Waals surface area contributed by atoms with Gasteiger partial charge >= 0.3 is 0 Å². The lowest BCUT2D eigenvalue weighted by Crippen LogP contribution is -2.07. The standard InChI is InChI=1S/C23H24ClN5O/c1-4-10-20-25-15(3)21-23(26-18-13-8-7-12-17(18)24)27-22(28-29(20)21)16-11-6-9-14-19(16)30-5-2/h6-9,11-14H,4-5,10H2,1-3H3,(H,26,27,28). The molecule has 0 atom stereocenters. The van der Waals surface area contributed by atoms with Crippen LogP contribution in [0.4, 0.5) is 11.5 Å². The number of nitrogens with zero attached hydrogens (tertiary/aromatic N) is 4. The lowest BCUT2D eigenvalue weighted by molar-refractivity contribution is 0.341. The highest BCUT2D eigenvalue weighted by Crippen LogP contribution is 2.32. The smallest absolute Gasteiger partial charge is 0.185 e. The summed E-state index contributed by atoms with van der Waals surface area (Å²) >= 11 is 6.39. The van der Waals surface area contributed by atoms with Crippen molar-refractivity contribution in [1.82, 2.24) is 19.6 Å². The van der Waals surface area contributed by atoms with Crippen molar-refractivity contribution in [3.63, 3.8) is 0 Å². The lowest BCUT2D eigenvalue weighted by atomic mass is 10.2. The summed E-state index contributed by atoms with van der Waals surface area (Å²) in [7, 11) is 0. The van der Waals surface area contributed by atoms with Crippen LogP contribution in [0.5, 0.6) is 5.75 Å². The predicted octanol–water partition coefficient (Wildman–Crippen LogP) is 5.85. The Hall–Kier alpha value is -3.12. The third kappa shape index (κ3) is 3.83. The summed E-state index contributed by atoms with van der Waals surface area (Å²) in [6, 6.07) is 15.4. The molecule has 154 valence electrons. The number of benzene rings is 2. The third-order valence-corrected chi connectivity index (χ3v) is 5.09. The van der Waals surface area contributed by atoms with E-state index in [2.05, 4.69) is 12.2 Å². The average molecular weight is 422 g/mol. The summed E-state index contributed by atoms with van der Waals surface area (Å²) in [4.78, 5) is 9.62. The van der Waals surface area contributed by atoms with Crippen molar-refractivity contribution in [1.29, 1.82) is 0 Å². The molecule has 0 aliphatic carbocycles. The minimum absolute atomic E-state index is 0.565. The van der Waals surface area contributed by atoms with Gasteiger partial charge in [0.25, 0.3) is 0 Å². The molecule has 2 heterocycles. The molecule has 0 radical (unpaired) electrons. The van der Waals surface area contributed by atoms with Crippen molar-refractivity contribution in [2.75, 3.05) is 11.9 Å². The molecule has 0 fully saturated rings. The maximum Gasteiger partial charge on any atom is 0.185 e. The number of hydrogen-bond acceptors (Lipinski definition) is 5. The highest BCUT2D eigenvalue weighted by Gasteiger charge is 2.19. The van der Waals surface area contributed by atoms with Crippen molar-refractivity contribution in [2.24, 2.45) is 0 Å². The van der Waals surface area contributed by atoms with Crippen LogP contribution in [0.15, 0.2) is 48.5 Å². The Labute approximate surface area is 180 Å². The molecule has 0 unspecified atom stereocenters. The van der Waals surface area contributed by atoms with Gasteiger partial charge in [-0.15, -0.1) is 5.10 Å². The Kier molecular flexibility index (Phi) is 5.86. The number of para-hydroxylation sites is 2. The largest absolute Gasteiger partial charge is 0.493 e. The zero-order valence-electron chi connectivity index (χ0n) is 17.3. The summed E-state index contributed by atoms with van der Waals surface area (Å²) in [6.07, 6.45) is 1.80. The van der Waals surface area contributed by atoms with E-state index in [0.29, 0.717) is 23.3 Å². The van der Waals surface area contributed by atoms with Gasteiger partial charge in [0.15, 0.2) is 11.6 Å². The minimum atomic E-state index is 0.565. The molecule has 6 nitrogen and oxygen atoms in total. The molecular formula is C23H24ClN5O. The van der Waals surface area contributed by atoms with E-state index in [1.165, 1.54) is 0 Å². The fourth-order valence-electron chi connectivity index (χ4n) is 3.44. The molecule has 1 N–H and O–H groups in total. The number of aromatic nitrogens is 4. The maximum atomic E-state index is 6.39. The maximum absolute atomic E-state index is 6.39. The molecule has 0 spiro atoms. The van der Waals surface area contributed by atoms with Gasteiger partial charge in [-0.25, -0.2) is 14.5 Å². The van der Waals surface area contributed by atoms with Crippen molar-refractivity contribution in [3.05, 3.63) is 65.1 Å². The molecule has 4 rings (SSSR count). The molecule has 0 bridgehead atoms. The van der Waals surface area contributed by atoms with Crippen LogP contribution in [0.3, 0.4) is 0 Å². The molecule has 0 aliphatic heterocycles. The first-order valence-corrected chi connectivity index (χ1v) is 10.5. The van der Waals surface area contributed by atoms with Crippen LogP contribution in [0.25, 0.3) is 16.9 Å². The zero-order chi connectivity index (χ0) is 21.1. The first kappa shape index (κ1) is 20.2. The fraction of sp³-hybridized carbons (Fsp3) is 0.261. The van der Waals surface area contributed by atoms with E-state index in [9.17, 15) is 0 Å². The van der Waals surface area contributed by atoms with Crippen molar-refractivity contribution >= 4 is 28.6 Å².